The summed E-state index contributed by atoms with van der Waals surface area (Å²) in [5.74, 6) is 0.279. The van der Waals surface area contributed by atoms with Crippen LogP contribution < -0.4 is 0 Å². The van der Waals surface area contributed by atoms with Crippen LogP contribution in [0.3, 0.4) is 0 Å². The van der Waals surface area contributed by atoms with Crippen molar-refractivity contribution < 1.29 is 18.3 Å². The van der Waals surface area contributed by atoms with E-state index in [2.05, 4.69) is 14.4 Å². The molecule has 20 heavy (non-hydrogen) atoms. The first-order valence-electron chi connectivity index (χ1n) is 5.93. The topological polar surface area (TPSA) is 104 Å². The van der Waals surface area contributed by atoms with Crippen LogP contribution in [-0.4, -0.2) is 25.7 Å². The molecule has 0 aromatic heterocycles. The smallest absolute Gasteiger partial charge is 0.364 e. The highest BCUT2D eigenvalue weighted by atomic mass is 32.4. The molecule has 0 heterocycles. The average molecular weight is 346 g/mol. The summed E-state index contributed by atoms with van der Waals surface area (Å²) < 4.78 is 26.9. The summed E-state index contributed by atoms with van der Waals surface area (Å²) in [7, 11) is -4.73. The van der Waals surface area contributed by atoms with Crippen molar-refractivity contribution in [2.45, 2.75) is 39.4 Å². The Hall–Kier alpha value is -0.0400. The lowest BCUT2D eigenvalue weighted by molar-refractivity contribution is -0.000616. The zero-order valence-corrected chi connectivity index (χ0v) is 14.6. The van der Waals surface area contributed by atoms with E-state index >= 15 is 0 Å². The minimum atomic E-state index is -3.66. The first kappa shape index (κ1) is 20.0. The summed E-state index contributed by atoms with van der Waals surface area (Å²) in [6.45, 7) is 5.62. The molecule has 8 nitrogen and oxygen atoms in total. The van der Waals surface area contributed by atoms with Crippen LogP contribution in [0.2, 0.25) is 0 Å². The molecular formula is C9H20N2O6P2S. The number of ether oxygens (including phenoxy) is 1. The molecule has 0 fully saturated rings. The molecule has 3 unspecified atom stereocenters. The second-order valence-electron chi connectivity index (χ2n) is 4.55. The normalized spacial score (nSPS) is 19.1. The molecule has 0 saturated heterocycles. The van der Waals surface area contributed by atoms with Gasteiger partial charge in [0.2, 0.25) is 7.07 Å². The van der Waals surface area contributed by atoms with Crippen LogP contribution in [0, 0.1) is 15.7 Å². The number of nitroso groups, excluding NO2 is 2. The van der Waals surface area contributed by atoms with Gasteiger partial charge in [0, 0.05) is 12.1 Å². The van der Waals surface area contributed by atoms with E-state index in [0.717, 1.165) is 7.11 Å². The van der Waals surface area contributed by atoms with Crippen LogP contribution >= 0.6 is 14.6 Å². The van der Waals surface area contributed by atoms with Gasteiger partial charge in [-0.2, -0.15) is 0 Å². The van der Waals surface area contributed by atoms with Gasteiger partial charge in [-0.1, -0.05) is 13.8 Å². The number of hydrogen-bond acceptors (Lipinski definition) is 7. The van der Waals surface area contributed by atoms with Crippen LogP contribution in [0.25, 0.3) is 0 Å². The molecule has 0 aromatic rings. The van der Waals surface area contributed by atoms with Gasteiger partial charge in [0.1, 0.15) is 6.35 Å². The average Bonchev–Trinajstić information content (AvgIpc) is 2.42. The van der Waals surface area contributed by atoms with E-state index in [1.807, 2.05) is 13.8 Å². The van der Waals surface area contributed by atoms with E-state index in [4.69, 9.17) is 21.1 Å². The van der Waals surface area contributed by atoms with Crippen molar-refractivity contribution in [1.29, 1.82) is 0 Å². The van der Waals surface area contributed by atoms with Gasteiger partial charge in [-0.15, -0.1) is 9.81 Å². The highest BCUT2D eigenvalue weighted by Gasteiger charge is 2.28. The van der Waals surface area contributed by atoms with Crippen molar-refractivity contribution in [1.82, 2.24) is 0 Å². The Morgan fingerprint density at radius 1 is 1.30 bits per heavy atom. The zero-order chi connectivity index (χ0) is 15.8. The molecule has 0 saturated carbocycles. The molecule has 0 rings (SSSR count). The second-order valence-corrected chi connectivity index (χ2v) is 8.60. The third-order valence-electron chi connectivity index (χ3n) is 2.46. The lowest BCUT2D eigenvalue weighted by Gasteiger charge is -2.25. The monoisotopic (exact) mass is 346 g/mol. The molecule has 0 aliphatic rings. The summed E-state index contributed by atoms with van der Waals surface area (Å²) in [4.78, 5) is 25.9. The van der Waals surface area contributed by atoms with E-state index in [0.29, 0.717) is 6.42 Å². The summed E-state index contributed by atoms with van der Waals surface area (Å²) in [6, 6.07) is 0. The van der Waals surface area contributed by atoms with Crippen molar-refractivity contribution >= 4 is 26.4 Å². The molecule has 0 amide bonds. The van der Waals surface area contributed by atoms with Crippen LogP contribution in [-0.2, 0) is 30.2 Å². The van der Waals surface area contributed by atoms with Crippen molar-refractivity contribution in [3.63, 3.8) is 0 Å². The van der Waals surface area contributed by atoms with Crippen LogP contribution in [0.15, 0.2) is 9.89 Å². The van der Waals surface area contributed by atoms with Gasteiger partial charge in [-0.3, -0.25) is 4.57 Å². The molecule has 0 N–H and O–H groups in total. The summed E-state index contributed by atoms with van der Waals surface area (Å²) in [5, 5.41) is 0. The minimum Gasteiger partial charge on any atom is -0.364 e. The molecule has 0 aliphatic heterocycles. The fraction of sp³-hybridized carbons (Fsp3) is 1.00. The van der Waals surface area contributed by atoms with Gasteiger partial charge in [-0.25, -0.2) is 0 Å². The fourth-order valence-electron chi connectivity index (χ4n) is 1.38. The molecule has 0 aliphatic carbocycles. The summed E-state index contributed by atoms with van der Waals surface area (Å²) in [5.41, 5.74) is 0. The Morgan fingerprint density at radius 3 is 2.30 bits per heavy atom. The Kier molecular flexibility index (Phi) is 9.80. The van der Waals surface area contributed by atoms with Crippen molar-refractivity contribution in [2.24, 2.45) is 15.8 Å². The lowest BCUT2D eigenvalue weighted by atomic mass is 10.0. The minimum absolute atomic E-state index is 0.279. The maximum atomic E-state index is 11.6. The van der Waals surface area contributed by atoms with Crippen molar-refractivity contribution in [2.75, 3.05) is 13.5 Å². The van der Waals surface area contributed by atoms with E-state index in [1.54, 1.807) is 6.92 Å². The van der Waals surface area contributed by atoms with Gasteiger partial charge < -0.3 is 13.8 Å². The maximum Gasteiger partial charge on any atom is 0.376 e. The van der Waals surface area contributed by atoms with Gasteiger partial charge >= 0.3 is 7.52 Å². The molecular weight excluding hydrogens is 326 g/mol. The van der Waals surface area contributed by atoms with Crippen molar-refractivity contribution in [3.05, 3.63) is 9.81 Å². The SMILES string of the molecule is COP(=O)(COC(C)[C@H](CC(C)C)O[PH](=S)N=O)N=O. The second kappa shape index (κ2) is 9.82. The van der Waals surface area contributed by atoms with Crippen LogP contribution in [0.4, 0.5) is 0 Å². The maximum absolute atomic E-state index is 11.6. The first-order valence-corrected chi connectivity index (χ1v) is 10.2. The number of hydrogen-bond donors (Lipinski definition) is 0. The van der Waals surface area contributed by atoms with E-state index in [9.17, 15) is 14.4 Å². The number of nitrogens with zero attached hydrogens (tertiary/aromatic N) is 2. The zero-order valence-electron chi connectivity index (χ0n) is 11.8. The fourth-order valence-corrected chi connectivity index (χ4v) is 2.98. The first-order chi connectivity index (χ1) is 9.27. The Morgan fingerprint density at radius 2 is 1.90 bits per heavy atom. The highest BCUT2D eigenvalue weighted by molar-refractivity contribution is 8.02. The van der Waals surface area contributed by atoms with Crippen LogP contribution in [0.5, 0.6) is 0 Å². The van der Waals surface area contributed by atoms with Crippen molar-refractivity contribution in [3.8, 4) is 0 Å². The standard InChI is InChI=1S/C9H20N2O6P2S/c1-7(2)5-9(17-18(20)10-12)8(3)16-6-19(14,11-13)15-4/h7-9,18H,5-6H2,1-4H3/t8?,9-,19?/m0/s1. The lowest BCUT2D eigenvalue weighted by Crippen LogP contribution is -2.29. The van der Waals surface area contributed by atoms with Crippen LogP contribution in [0.1, 0.15) is 27.2 Å². The Balaban J connectivity index is 4.65. The highest BCUT2D eigenvalue weighted by Crippen LogP contribution is 2.47. The van der Waals surface area contributed by atoms with E-state index < -0.39 is 33.2 Å². The Labute approximate surface area is 123 Å². The molecule has 0 spiro atoms. The van der Waals surface area contributed by atoms with Gasteiger partial charge in [-0.05, 0) is 36.0 Å². The van der Waals surface area contributed by atoms with Gasteiger partial charge in [0.25, 0.3) is 0 Å². The molecule has 0 radical (unpaired) electrons. The quantitative estimate of drug-likeness (QED) is 0.415. The molecule has 0 bridgehead atoms. The molecule has 11 heteroatoms. The Bertz CT molecular complexity index is 395. The van der Waals surface area contributed by atoms with E-state index in [1.165, 1.54) is 0 Å². The number of rotatable bonds is 11. The summed E-state index contributed by atoms with van der Waals surface area (Å²) in [6.07, 6.45) is -0.837. The summed E-state index contributed by atoms with van der Waals surface area (Å²) >= 11 is 4.79. The van der Waals surface area contributed by atoms with Gasteiger partial charge in [0.05, 0.1) is 12.2 Å². The molecule has 4 atom stereocenters. The largest absolute Gasteiger partial charge is 0.376 e. The predicted molar refractivity (Wildman–Crippen MR) is 81.6 cm³/mol. The molecule has 0 aromatic carbocycles. The third kappa shape index (κ3) is 7.67. The van der Waals surface area contributed by atoms with E-state index in [-0.39, 0.29) is 5.92 Å². The molecule has 118 valence electrons. The third-order valence-corrected chi connectivity index (χ3v) is 4.92. The van der Waals surface area contributed by atoms with Gasteiger partial charge in [0.15, 0.2) is 0 Å². The predicted octanol–water partition coefficient (Wildman–Crippen LogP) is 3.66.